The number of thioether (sulfide) groups is 1. The van der Waals surface area contributed by atoms with Crippen LogP contribution in [0.2, 0.25) is 0 Å². The van der Waals surface area contributed by atoms with E-state index in [-0.39, 0.29) is 11.7 Å². The predicted molar refractivity (Wildman–Crippen MR) is 115 cm³/mol. The van der Waals surface area contributed by atoms with Crippen LogP contribution in [0.15, 0.2) is 87.1 Å². The predicted octanol–water partition coefficient (Wildman–Crippen LogP) is 4.96. The third kappa shape index (κ3) is 5.18. The Morgan fingerprint density at radius 1 is 0.967 bits per heavy atom. The normalized spacial score (nSPS) is 10.8. The van der Waals surface area contributed by atoms with Gasteiger partial charge in [0.1, 0.15) is 5.76 Å². The number of furan rings is 1. The van der Waals surface area contributed by atoms with Gasteiger partial charge in [0.25, 0.3) is 5.22 Å². The summed E-state index contributed by atoms with van der Waals surface area (Å²) in [6, 6.07) is 21.4. The smallest absolute Gasteiger partial charge is 0.277 e. The third-order valence-electron chi connectivity index (χ3n) is 4.52. The molecule has 0 fully saturated rings. The number of rotatable bonds is 8. The molecule has 0 saturated carbocycles. The van der Waals surface area contributed by atoms with Crippen LogP contribution in [-0.4, -0.2) is 26.8 Å². The molecular formula is C23H21N3O3S. The lowest BCUT2D eigenvalue weighted by atomic mass is 10.1. The highest BCUT2D eigenvalue weighted by Crippen LogP contribution is 2.24. The maximum atomic E-state index is 12.9. The minimum atomic E-state index is -0.0321. The van der Waals surface area contributed by atoms with Gasteiger partial charge in [0.05, 0.1) is 18.6 Å². The first-order valence-corrected chi connectivity index (χ1v) is 10.5. The van der Waals surface area contributed by atoms with E-state index in [1.165, 1.54) is 11.8 Å². The number of benzene rings is 2. The average Bonchev–Trinajstić information content (AvgIpc) is 3.45. The second-order valence-corrected chi connectivity index (χ2v) is 7.77. The minimum Gasteiger partial charge on any atom is -0.467 e. The van der Waals surface area contributed by atoms with Gasteiger partial charge in [-0.25, -0.2) is 0 Å². The summed E-state index contributed by atoms with van der Waals surface area (Å²) in [6.45, 7) is 2.92. The van der Waals surface area contributed by atoms with Crippen LogP contribution in [0.1, 0.15) is 16.9 Å². The summed E-state index contributed by atoms with van der Waals surface area (Å²) in [5.41, 5.74) is 3.07. The summed E-state index contributed by atoms with van der Waals surface area (Å²) in [4.78, 5) is 14.7. The topological polar surface area (TPSA) is 72.4 Å². The van der Waals surface area contributed by atoms with Gasteiger partial charge in [-0.3, -0.25) is 4.79 Å². The summed E-state index contributed by atoms with van der Waals surface area (Å²) in [5.74, 6) is 1.35. The zero-order chi connectivity index (χ0) is 20.8. The standard InChI is InChI=1S/C23H21N3O3S/c1-17-9-11-19(12-10-17)22-24-25-23(29-22)30-16-21(27)26(15-20-8-5-13-28-20)14-18-6-3-2-4-7-18/h2-13H,14-16H2,1H3. The van der Waals surface area contributed by atoms with Crippen molar-refractivity contribution in [2.75, 3.05) is 5.75 Å². The Labute approximate surface area is 178 Å². The van der Waals surface area contributed by atoms with Crippen molar-refractivity contribution in [2.45, 2.75) is 25.2 Å². The summed E-state index contributed by atoms with van der Waals surface area (Å²) in [6.07, 6.45) is 1.61. The van der Waals surface area contributed by atoms with Crippen molar-refractivity contribution < 1.29 is 13.6 Å². The highest BCUT2D eigenvalue weighted by molar-refractivity contribution is 7.99. The van der Waals surface area contributed by atoms with E-state index in [0.29, 0.717) is 24.2 Å². The first-order chi connectivity index (χ1) is 14.7. The molecule has 1 amide bonds. The van der Waals surface area contributed by atoms with E-state index >= 15 is 0 Å². The molecule has 4 aromatic rings. The van der Waals surface area contributed by atoms with E-state index < -0.39 is 0 Å². The van der Waals surface area contributed by atoms with Gasteiger partial charge in [-0.05, 0) is 36.8 Å². The fourth-order valence-corrected chi connectivity index (χ4v) is 3.59. The van der Waals surface area contributed by atoms with Crippen LogP contribution in [0, 0.1) is 6.92 Å². The van der Waals surface area contributed by atoms with Crippen LogP contribution >= 0.6 is 11.8 Å². The van der Waals surface area contributed by atoms with Gasteiger partial charge in [0, 0.05) is 12.1 Å². The lowest BCUT2D eigenvalue weighted by molar-refractivity contribution is -0.129. The zero-order valence-electron chi connectivity index (χ0n) is 16.5. The van der Waals surface area contributed by atoms with Crippen LogP contribution in [0.4, 0.5) is 0 Å². The van der Waals surface area contributed by atoms with Crippen molar-refractivity contribution in [3.05, 3.63) is 89.9 Å². The van der Waals surface area contributed by atoms with E-state index in [9.17, 15) is 4.79 Å². The molecule has 2 aromatic carbocycles. The van der Waals surface area contributed by atoms with Crippen molar-refractivity contribution in [1.82, 2.24) is 15.1 Å². The molecule has 0 aliphatic carbocycles. The Kier molecular flexibility index (Phi) is 6.29. The van der Waals surface area contributed by atoms with Gasteiger partial charge in [-0.15, -0.1) is 10.2 Å². The molecule has 0 radical (unpaired) electrons. The van der Waals surface area contributed by atoms with Crippen LogP contribution in [0.25, 0.3) is 11.5 Å². The quantitative estimate of drug-likeness (QED) is 0.376. The molecule has 6 nitrogen and oxygen atoms in total. The summed E-state index contributed by atoms with van der Waals surface area (Å²) in [7, 11) is 0. The maximum absolute atomic E-state index is 12.9. The molecule has 2 aromatic heterocycles. The number of carbonyl (C=O) groups is 1. The number of amides is 1. The largest absolute Gasteiger partial charge is 0.467 e. The first-order valence-electron chi connectivity index (χ1n) is 9.55. The number of carbonyl (C=O) groups excluding carboxylic acids is 1. The van der Waals surface area contributed by atoms with Crippen molar-refractivity contribution >= 4 is 17.7 Å². The SMILES string of the molecule is Cc1ccc(-c2nnc(SCC(=O)N(Cc3ccccc3)Cc3ccco3)o2)cc1. The Balaban J connectivity index is 1.41. The molecule has 0 aliphatic rings. The second kappa shape index (κ2) is 9.45. The Morgan fingerprint density at radius 3 is 2.50 bits per heavy atom. The lowest BCUT2D eigenvalue weighted by Gasteiger charge is -2.21. The Morgan fingerprint density at radius 2 is 1.77 bits per heavy atom. The van der Waals surface area contributed by atoms with E-state index in [2.05, 4.69) is 10.2 Å². The summed E-state index contributed by atoms with van der Waals surface area (Å²) in [5, 5.41) is 8.52. The van der Waals surface area contributed by atoms with Crippen molar-refractivity contribution in [2.24, 2.45) is 0 Å². The van der Waals surface area contributed by atoms with Gasteiger partial charge < -0.3 is 13.7 Å². The van der Waals surface area contributed by atoms with E-state index in [1.807, 2.05) is 73.7 Å². The Hall–Kier alpha value is -3.32. The molecule has 0 bridgehead atoms. The van der Waals surface area contributed by atoms with Crippen LogP contribution in [-0.2, 0) is 17.9 Å². The summed E-state index contributed by atoms with van der Waals surface area (Å²) < 4.78 is 11.1. The number of nitrogens with zero attached hydrogens (tertiary/aromatic N) is 3. The second-order valence-electron chi connectivity index (χ2n) is 6.84. The molecular weight excluding hydrogens is 398 g/mol. The monoisotopic (exact) mass is 419 g/mol. The van der Waals surface area contributed by atoms with Crippen LogP contribution in [0.5, 0.6) is 0 Å². The van der Waals surface area contributed by atoms with E-state index in [1.54, 1.807) is 11.2 Å². The number of hydrogen-bond donors (Lipinski definition) is 0. The molecule has 0 unspecified atom stereocenters. The van der Waals surface area contributed by atoms with Crippen LogP contribution < -0.4 is 0 Å². The lowest BCUT2D eigenvalue weighted by Crippen LogP contribution is -2.31. The molecule has 0 N–H and O–H groups in total. The van der Waals surface area contributed by atoms with Gasteiger partial charge in [-0.1, -0.05) is 59.8 Å². The molecule has 2 heterocycles. The fraction of sp³-hybridized carbons (Fsp3) is 0.174. The third-order valence-corrected chi connectivity index (χ3v) is 5.32. The van der Waals surface area contributed by atoms with Crippen molar-refractivity contribution in [1.29, 1.82) is 0 Å². The average molecular weight is 420 g/mol. The van der Waals surface area contributed by atoms with Gasteiger partial charge in [-0.2, -0.15) is 0 Å². The molecule has 7 heteroatoms. The maximum Gasteiger partial charge on any atom is 0.277 e. The highest BCUT2D eigenvalue weighted by Gasteiger charge is 2.18. The fourth-order valence-electron chi connectivity index (χ4n) is 2.92. The molecule has 0 atom stereocenters. The Bertz CT molecular complexity index is 1080. The molecule has 4 rings (SSSR count). The molecule has 0 saturated heterocycles. The minimum absolute atomic E-state index is 0.0321. The zero-order valence-corrected chi connectivity index (χ0v) is 17.3. The molecule has 0 spiro atoms. The van der Waals surface area contributed by atoms with Gasteiger partial charge in [0.2, 0.25) is 11.8 Å². The highest BCUT2D eigenvalue weighted by atomic mass is 32.2. The molecule has 30 heavy (non-hydrogen) atoms. The van der Waals surface area contributed by atoms with Crippen molar-refractivity contribution in [3.63, 3.8) is 0 Å². The first kappa shape index (κ1) is 20.0. The number of hydrogen-bond acceptors (Lipinski definition) is 6. The van der Waals surface area contributed by atoms with E-state index in [4.69, 9.17) is 8.83 Å². The van der Waals surface area contributed by atoms with Gasteiger partial charge >= 0.3 is 0 Å². The molecule has 152 valence electrons. The number of aryl methyl sites for hydroxylation is 1. The van der Waals surface area contributed by atoms with E-state index in [0.717, 1.165) is 22.5 Å². The number of aromatic nitrogens is 2. The molecule has 0 aliphatic heterocycles. The van der Waals surface area contributed by atoms with Gasteiger partial charge in [0.15, 0.2) is 0 Å². The summed E-state index contributed by atoms with van der Waals surface area (Å²) >= 11 is 1.24. The van der Waals surface area contributed by atoms with Crippen LogP contribution in [0.3, 0.4) is 0 Å². The van der Waals surface area contributed by atoms with Crippen molar-refractivity contribution in [3.8, 4) is 11.5 Å².